The van der Waals surface area contributed by atoms with Crippen LogP contribution in [0.1, 0.15) is 11.6 Å². The van der Waals surface area contributed by atoms with Crippen LogP contribution in [0, 0.1) is 0 Å². The number of fused-ring (bicyclic) bond motifs is 1. The van der Waals surface area contributed by atoms with Crippen LogP contribution in [0.2, 0.25) is 0 Å². The molecule has 0 aliphatic rings. The van der Waals surface area contributed by atoms with Gasteiger partial charge >= 0.3 is 0 Å². The second-order valence-corrected chi connectivity index (χ2v) is 5.73. The van der Waals surface area contributed by atoms with Gasteiger partial charge in [0.15, 0.2) is 0 Å². The number of hydrogen-bond acceptors (Lipinski definition) is 4. The van der Waals surface area contributed by atoms with Crippen molar-refractivity contribution in [3.63, 3.8) is 0 Å². The Labute approximate surface area is 131 Å². The Morgan fingerprint density at radius 1 is 1.05 bits per heavy atom. The van der Waals surface area contributed by atoms with Crippen LogP contribution in [0.3, 0.4) is 0 Å². The van der Waals surface area contributed by atoms with Crippen LogP contribution in [-0.4, -0.2) is 11.3 Å². The van der Waals surface area contributed by atoms with Gasteiger partial charge in [0, 0.05) is 16.5 Å². The summed E-state index contributed by atoms with van der Waals surface area (Å²) in [6, 6.07) is 18.2. The van der Waals surface area contributed by atoms with Crippen molar-refractivity contribution in [2.24, 2.45) is 0 Å². The van der Waals surface area contributed by atoms with E-state index in [1.807, 2.05) is 48.5 Å². The van der Waals surface area contributed by atoms with Crippen molar-refractivity contribution in [1.29, 1.82) is 0 Å². The van der Waals surface area contributed by atoms with Gasteiger partial charge in [-0.3, -0.25) is 4.79 Å². The molecule has 0 radical (unpaired) electrons. The first-order valence-electron chi connectivity index (χ1n) is 6.82. The fourth-order valence-corrected chi connectivity index (χ4v) is 2.94. The van der Waals surface area contributed by atoms with Crippen molar-refractivity contribution in [3.8, 4) is 0 Å². The van der Waals surface area contributed by atoms with Gasteiger partial charge in [-0.25, -0.2) is 4.72 Å². The molecule has 110 valence electrons. The second-order valence-electron chi connectivity index (χ2n) is 4.82. The standard InChI is InChI=1S/C17H14N2O2S/c20-11-16(12-4-2-1-3-5-12)19-22-14-7-8-15-13(10-14)6-9-17(21)18-15/h1-11,16,19H,(H,18,21)/t16-/m0/s1. The third kappa shape index (κ3) is 3.27. The summed E-state index contributed by atoms with van der Waals surface area (Å²) in [7, 11) is 0. The lowest BCUT2D eigenvalue weighted by Gasteiger charge is -2.12. The van der Waals surface area contributed by atoms with Gasteiger partial charge in [0.2, 0.25) is 5.56 Å². The van der Waals surface area contributed by atoms with E-state index < -0.39 is 0 Å². The quantitative estimate of drug-likeness (QED) is 0.561. The minimum absolute atomic E-state index is 0.115. The third-order valence-corrected chi connectivity index (χ3v) is 4.16. The fourth-order valence-electron chi connectivity index (χ4n) is 2.16. The first kappa shape index (κ1) is 14.6. The van der Waals surface area contributed by atoms with Crippen molar-refractivity contribution in [1.82, 2.24) is 9.71 Å². The van der Waals surface area contributed by atoms with Crippen LogP contribution >= 0.6 is 11.9 Å². The van der Waals surface area contributed by atoms with E-state index >= 15 is 0 Å². The summed E-state index contributed by atoms with van der Waals surface area (Å²) in [6.07, 6.45) is 0.890. The summed E-state index contributed by atoms with van der Waals surface area (Å²) < 4.78 is 3.15. The monoisotopic (exact) mass is 310 g/mol. The molecule has 3 aromatic rings. The SMILES string of the molecule is O=C[C@H](NSc1ccc2[nH]c(=O)ccc2c1)c1ccccc1. The smallest absolute Gasteiger partial charge is 0.248 e. The summed E-state index contributed by atoms with van der Waals surface area (Å²) in [4.78, 5) is 26.3. The van der Waals surface area contributed by atoms with Gasteiger partial charge in [-0.2, -0.15) is 0 Å². The van der Waals surface area contributed by atoms with Gasteiger partial charge < -0.3 is 9.78 Å². The Morgan fingerprint density at radius 2 is 1.86 bits per heavy atom. The first-order chi connectivity index (χ1) is 10.8. The molecule has 0 amide bonds. The Balaban J connectivity index is 1.77. The molecule has 5 heteroatoms. The average Bonchev–Trinajstić information content (AvgIpc) is 2.56. The number of carbonyl (C=O) groups excluding carboxylic acids is 1. The summed E-state index contributed by atoms with van der Waals surface area (Å²) in [5.74, 6) is 0. The maximum atomic E-state index is 11.3. The van der Waals surface area contributed by atoms with Crippen molar-refractivity contribution < 1.29 is 4.79 Å². The van der Waals surface area contributed by atoms with Crippen molar-refractivity contribution >= 4 is 29.1 Å². The number of benzene rings is 2. The zero-order chi connectivity index (χ0) is 15.4. The Morgan fingerprint density at radius 3 is 2.64 bits per heavy atom. The van der Waals surface area contributed by atoms with Crippen LogP contribution in [0.4, 0.5) is 0 Å². The molecule has 0 saturated carbocycles. The molecule has 0 bridgehead atoms. The number of rotatable bonds is 5. The topological polar surface area (TPSA) is 62.0 Å². The van der Waals surface area contributed by atoms with Crippen LogP contribution in [0.5, 0.6) is 0 Å². The lowest BCUT2D eigenvalue weighted by molar-refractivity contribution is -0.109. The molecule has 1 atom stereocenters. The molecule has 4 nitrogen and oxygen atoms in total. The van der Waals surface area contributed by atoms with Crippen LogP contribution < -0.4 is 10.3 Å². The van der Waals surface area contributed by atoms with Crippen molar-refractivity contribution in [2.75, 3.05) is 0 Å². The van der Waals surface area contributed by atoms with E-state index in [-0.39, 0.29) is 11.6 Å². The molecule has 3 rings (SSSR count). The minimum Gasteiger partial charge on any atom is -0.322 e. The number of hydrogen-bond donors (Lipinski definition) is 2. The fraction of sp³-hybridized carbons (Fsp3) is 0.0588. The van der Waals surface area contributed by atoms with Gasteiger partial charge in [-0.15, -0.1) is 0 Å². The number of H-pyrrole nitrogens is 1. The Bertz CT molecular complexity index is 846. The van der Waals surface area contributed by atoms with Gasteiger partial charge in [0.25, 0.3) is 0 Å². The number of aromatic nitrogens is 1. The highest BCUT2D eigenvalue weighted by Gasteiger charge is 2.09. The van der Waals surface area contributed by atoms with Gasteiger partial charge in [-0.05, 0) is 47.2 Å². The molecule has 0 unspecified atom stereocenters. The van der Waals surface area contributed by atoms with Crippen molar-refractivity contribution in [2.45, 2.75) is 10.9 Å². The molecule has 0 spiro atoms. The minimum atomic E-state index is -0.363. The number of carbonyl (C=O) groups is 1. The molecule has 1 heterocycles. The number of aromatic amines is 1. The average molecular weight is 310 g/mol. The highest BCUT2D eigenvalue weighted by molar-refractivity contribution is 7.97. The highest BCUT2D eigenvalue weighted by Crippen LogP contribution is 2.23. The predicted molar refractivity (Wildman–Crippen MR) is 88.8 cm³/mol. The Kier molecular flexibility index (Phi) is 4.37. The van der Waals surface area contributed by atoms with Crippen molar-refractivity contribution in [3.05, 3.63) is 76.6 Å². The predicted octanol–water partition coefficient (Wildman–Crippen LogP) is 3.07. The van der Waals surface area contributed by atoms with Crippen LogP contribution in [0.15, 0.2) is 70.4 Å². The van der Waals surface area contributed by atoms with E-state index in [0.717, 1.165) is 27.6 Å². The maximum Gasteiger partial charge on any atom is 0.248 e. The molecule has 22 heavy (non-hydrogen) atoms. The highest BCUT2D eigenvalue weighted by atomic mass is 32.2. The van der Waals surface area contributed by atoms with E-state index in [2.05, 4.69) is 9.71 Å². The Hall–Kier alpha value is -2.37. The zero-order valence-corrected chi connectivity index (χ0v) is 12.5. The molecule has 0 aliphatic heterocycles. The van der Waals surface area contributed by atoms with Gasteiger partial charge in [0.05, 0.1) is 6.04 Å². The first-order valence-corrected chi connectivity index (χ1v) is 7.63. The lowest BCUT2D eigenvalue weighted by atomic mass is 10.1. The normalized spacial score (nSPS) is 12.2. The molecule has 2 aromatic carbocycles. The van der Waals surface area contributed by atoms with Crippen LogP contribution in [-0.2, 0) is 4.79 Å². The van der Waals surface area contributed by atoms with Gasteiger partial charge in [-0.1, -0.05) is 30.3 Å². The summed E-state index contributed by atoms with van der Waals surface area (Å²) in [5.41, 5.74) is 1.61. The molecular weight excluding hydrogens is 296 g/mol. The van der Waals surface area contributed by atoms with E-state index in [0.29, 0.717) is 0 Å². The van der Waals surface area contributed by atoms with E-state index in [1.54, 1.807) is 6.07 Å². The maximum absolute atomic E-state index is 11.3. The van der Waals surface area contributed by atoms with Crippen LogP contribution in [0.25, 0.3) is 10.9 Å². The van der Waals surface area contributed by atoms with E-state index in [4.69, 9.17) is 0 Å². The molecular formula is C17H14N2O2S. The van der Waals surface area contributed by atoms with E-state index in [9.17, 15) is 9.59 Å². The van der Waals surface area contributed by atoms with E-state index in [1.165, 1.54) is 18.0 Å². The molecule has 1 aromatic heterocycles. The zero-order valence-electron chi connectivity index (χ0n) is 11.7. The molecule has 2 N–H and O–H groups in total. The summed E-state index contributed by atoms with van der Waals surface area (Å²) >= 11 is 1.39. The van der Waals surface area contributed by atoms with Gasteiger partial charge in [0.1, 0.15) is 6.29 Å². The molecule has 0 saturated heterocycles. The largest absolute Gasteiger partial charge is 0.322 e. The summed E-state index contributed by atoms with van der Waals surface area (Å²) in [5, 5.41) is 0.953. The number of aldehydes is 1. The molecule has 0 fully saturated rings. The molecule has 0 aliphatic carbocycles. The third-order valence-electron chi connectivity index (χ3n) is 3.29. The summed E-state index contributed by atoms with van der Waals surface area (Å²) in [6.45, 7) is 0. The number of nitrogens with one attached hydrogen (secondary N) is 2. The number of pyridine rings is 1. The lowest BCUT2D eigenvalue weighted by Crippen LogP contribution is -2.15. The second kappa shape index (κ2) is 6.60.